The van der Waals surface area contributed by atoms with Crippen molar-refractivity contribution in [2.75, 3.05) is 25.1 Å². The van der Waals surface area contributed by atoms with Gasteiger partial charge in [-0.15, -0.1) is 0 Å². The Morgan fingerprint density at radius 1 is 1.00 bits per heavy atom. The number of ether oxygens (including phenoxy) is 2. The van der Waals surface area contributed by atoms with Crippen LogP contribution in [-0.2, 0) is 28.7 Å². The summed E-state index contributed by atoms with van der Waals surface area (Å²) < 4.78 is 10.1. The van der Waals surface area contributed by atoms with E-state index in [9.17, 15) is 24.0 Å². The molecule has 9 nitrogen and oxygen atoms in total. The van der Waals surface area contributed by atoms with Crippen LogP contribution in [0.1, 0.15) is 36.5 Å². The maximum absolute atomic E-state index is 12.9. The molecule has 0 radical (unpaired) electrons. The van der Waals surface area contributed by atoms with E-state index in [1.807, 2.05) is 6.92 Å². The standard InChI is InChI=1S/C24H26Br2N2O7/c1-2-9-34-24(33)12-3-5-13(6-4-12)27-16(29)11-35-17(30)7-8-28-22(31)18-14-10-15(19(18)23(28)32)21(26)20(14)25/h3-6,14-15,18-21H,2,7-11H2,1H3,(H,27,29)/t14-,15-,18-,19+,20+,21+/m1/s1. The predicted molar refractivity (Wildman–Crippen MR) is 132 cm³/mol. The normalized spacial score (nSPS) is 28.7. The summed E-state index contributed by atoms with van der Waals surface area (Å²) in [6.07, 6.45) is 1.39. The first-order valence-corrected chi connectivity index (χ1v) is 13.4. The molecule has 1 aromatic rings. The molecule has 0 unspecified atom stereocenters. The summed E-state index contributed by atoms with van der Waals surface area (Å²) in [6, 6.07) is 6.15. The molecule has 2 saturated carbocycles. The summed E-state index contributed by atoms with van der Waals surface area (Å²) in [5.74, 6) is -2.53. The Hall–Kier alpha value is -2.27. The minimum atomic E-state index is -0.675. The van der Waals surface area contributed by atoms with E-state index in [0.29, 0.717) is 17.9 Å². The fraction of sp³-hybridized carbons (Fsp3) is 0.542. The molecule has 188 valence electrons. The molecule has 1 aliphatic heterocycles. The van der Waals surface area contributed by atoms with E-state index in [2.05, 4.69) is 37.2 Å². The molecule has 0 spiro atoms. The van der Waals surface area contributed by atoms with Crippen molar-refractivity contribution in [3.8, 4) is 0 Å². The molecule has 2 bridgehead atoms. The smallest absolute Gasteiger partial charge is 0.338 e. The molecule has 3 fully saturated rings. The molecule has 1 heterocycles. The van der Waals surface area contributed by atoms with Gasteiger partial charge in [-0.25, -0.2) is 4.79 Å². The highest BCUT2D eigenvalue weighted by Gasteiger charge is 2.66. The van der Waals surface area contributed by atoms with Crippen molar-refractivity contribution in [3.63, 3.8) is 0 Å². The van der Waals surface area contributed by atoms with Crippen LogP contribution in [-0.4, -0.2) is 64.0 Å². The molecule has 35 heavy (non-hydrogen) atoms. The highest BCUT2D eigenvalue weighted by atomic mass is 79.9. The zero-order valence-corrected chi connectivity index (χ0v) is 22.2. The number of imide groups is 1. The van der Waals surface area contributed by atoms with E-state index >= 15 is 0 Å². The van der Waals surface area contributed by atoms with Crippen molar-refractivity contribution in [1.29, 1.82) is 0 Å². The molecule has 11 heteroatoms. The number of halogens is 2. The Balaban J connectivity index is 1.21. The average Bonchev–Trinajstić information content (AvgIpc) is 3.45. The Morgan fingerprint density at radius 2 is 1.60 bits per heavy atom. The first kappa shape index (κ1) is 25.8. The molecule has 1 saturated heterocycles. The number of nitrogens with zero attached hydrogens (tertiary/aromatic N) is 1. The minimum Gasteiger partial charge on any atom is -0.462 e. The van der Waals surface area contributed by atoms with Crippen LogP contribution < -0.4 is 5.32 Å². The lowest BCUT2D eigenvalue weighted by Crippen LogP contribution is -2.37. The van der Waals surface area contributed by atoms with Gasteiger partial charge in [0, 0.05) is 21.9 Å². The first-order valence-electron chi connectivity index (χ1n) is 11.6. The number of amides is 3. The quantitative estimate of drug-likeness (QED) is 0.258. The van der Waals surface area contributed by atoms with Gasteiger partial charge < -0.3 is 14.8 Å². The summed E-state index contributed by atoms with van der Waals surface area (Å²) in [6.45, 7) is 1.67. The van der Waals surface area contributed by atoms with Gasteiger partial charge in [-0.1, -0.05) is 38.8 Å². The van der Waals surface area contributed by atoms with Gasteiger partial charge >= 0.3 is 11.9 Å². The van der Waals surface area contributed by atoms with Gasteiger partial charge in [-0.2, -0.15) is 0 Å². The van der Waals surface area contributed by atoms with Crippen LogP contribution in [0.25, 0.3) is 0 Å². The number of anilines is 1. The minimum absolute atomic E-state index is 0.0555. The van der Waals surface area contributed by atoms with Gasteiger partial charge in [-0.05, 0) is 48.9 Å². The Kier molecular flexibility index (Phi) is 7.95. The van der Waals surface area contributed by atoms with E-state index in [4.69, 9.17) is 9.47 Å². The molecule has 6 atom stereocenters. The van der Waals surface area contributed by atoms with Crippen LogP contribution in [0.2, 0.25) is 0 Å². The molecule has 1 N–H and O–H groups in total. The number of fused-ring (bicyclic) bond motifs is 5. The van der Waals surface area contributed by atoms with Crippen molar-refractivity contribution in [2.45, 2.75) is 35.8 Å². The van der Waals surface area contributed by atoms with E-state index in [1.54, 1.807) is 12.1 Å². The fourth-order valence-corrected chi connectivity index (χ4v) is 7.09. The largest absolute Gasteiger partial charge is 0.462 e. The fourth-order valence-electron chi connectivity index (χ4n) is 5.22. The van der Waals surface area contributed by atoms with Gasteiger partial charge in [0.1, 0.15) is 0 Å². The highest BCUT2D eigenvalue weighted by molar-refractivity contribution is 9.12. The summed E-state index contributed by atoms with van der Waals surface area (Å²) in [7, 11) is 0. The highest BCUT2D eigenvalue weighted by Crippen LogP contribution is 2.60. The molecule has 3 aliphatic rings. The van der Waals surface area contributed by atoms with Crippen LogP contribution in [0.3, 0.4) is 0 Å². The second-order valence-corrected chi connectivity index (χ2v) is 11.1. The van der Waals surface area contributed by atoms with Gasteiger partial charge in [0.25, 0.3) is 5.91 Å². The maximum Gasteiger partial charge on any atom is 0.338 e. The number of rotatable bonds is 9. The van der Waals surface area contributed by atoms with Crippen molar-refractivity contribution in [3.05, 3.63) is 29.8 Å². The van der Waals surface area contributed by atoms with Crippen LogP contribution in [0.15, 0.2) is 24.3 Å². The molecule has 4 rings (SSSR count). The average molecular weight is 614 g/mol. The van der Waals surface area contributed by atoms with Crippen LogP contribution in [0.5, 0.6) is 0 Å². The monoisotopic (exact) mass is 612 g/mol. The number of hydrogen-bond acceptors (Lipinski definition) is 7. The maximum atomic E-state index is 12.9. The van der Waals surface area contributed by atoms with E-state index in [1.165, 1.54) is 17.0 Å². The Morgan fingerprint density at radius 3 is 2.17 bits per heavy atom. The molecule has 0 aromatic heterocycles. The van der Waals surface area contributed by atoms with Crippen molar-refractivity contribution in [2.24, 2.45) is 23.7 Å². The van der Waals surface area contributed by atoms with E-state index < -0.39 is 24.5 Å². The zero-order chi connectivity index (χ0) is 25.3. The molecular formula is C24H26Br2N2O7. The number of likely N-dealkylation sites (tertiary alicyclic amines) is 1. The molecule has 3 amide bonds. The van der Waals surface area contributed by atoms with Crippen molar-refractivity contribution < 1.29 is 33.4 Å². The number of nitrogens with one attached hydrogen (secondary N) is 1. The summed E-state index contributed by atoms with van der Waals surface area (Å²) in [4.78, 5) is 63.3. The third kappa shape index (κ3) is 5.16. The number of alkyl halides is 2. The van der Waals surface area contributed by atoms with Crippen molar-refractivity contribution >= 4 is 67.2 Å². The molecule has 1 aromatic carbocycles. The number of benzene rings is 1. The summed E-state index contributed by atoms with van der Waals surface area (Å²) in [5, 5.41) is 2.57. The van der Waals surface area contributed by atoms with Crippen LogP contribution >= 0.6 is 31.9 Å². The lowest BCUT2D eigenvalue weighted by Gasteiger charge is -2.28. The van der Waals surface area contributed by atoms with Gasteiger partial charge in [0.15, 0.2) is 6.61 Å². The number of carbonyl (C=O) groups is 5. The number of esters is 2. The predicted octanol–water partition coefficient (Wildman–Crippen LogP) is 2.90. The lowest BCUT2D eigenvalue weighted by molar-refractivity contribution is -0.149. The van der Waals surface area contributed by atoms with Gasteiger partial charge in [0.05, 0.1) is 30.4 Å². The summed E-state index contributed by atoms with van der Waals surface area (Å²) in [5.41, 5.74) is 0.798. The number of hydrogen-bond donors (Lipinski definition) is 1. The first-order chi connectivity index (χ1) is 16.7. The second-order valence-electron chi connectivity index (χ2n) is 9.00. The molecule has 2 aliphatic carbocycles. The zero-order valence-electron chi connectivity index (χ0n) is 19.1. The Labute approximate surface area is 219 Å². The Bertz CT molecular complexity index is 999. The van der Waals surface area contributed by atoms with E-state index in [0.717, 1.165) is 12.8 Å². The lowest BCUT2D eigenvalue weighted by atomic mass is 9.81. The molecular weight excluding hydrogens is 588 g/mol. The SMILES string of the molecule is CCCOC(=O)c1ccc(NC(=O)COC(=O)CCN2C(=O)[C@@H]3[C@H]4C[C@@H]([C@H](Br)[C@H]4Br)[C@@H]3C2=O)cc1. The topological polar surface area (TPSA) is 119 Å². The van der Waals surface area contributed by atoms with Gasteiger partial charge in [-0.3, -0.25) is 24.1 Å². The van der Waals surface area contributed by atoms with E-state index in [-0.39, 0.29) is 58.1 Å². The summed E-state index contributed by atoms with van der Waals surface area (Å²) >= 11 is 7.28. The van der Waals surface area contributed by atoms with Crippen LogP contribution in [0, 0.1) is 23.7 Å². The van der Waals surface area contributed by atoms with Crippen LogP contribution in [0.4, 0.5) is 5.69 Å². The van der Waals surface area contributed by atoms with Crippen molar-refractivity contribution in [1.82, 2.24) is 4.90 Å². The third-order valence-corrected chi connectivity index (χ3v) is 10.0. The van der Waals surface area contributed by atoms with Gasteiger partial charge in [0.2, 0.25) is 11.8 Å². The second kappa shape index (κ2) is 10.8. The third-order valence-electron chi connectivity index (χ3n) is 6.82. The number of carbonyl (C=O) groups excluding carboxylic acids is 5.